The zero-order valence-corrected chi connectivity index (χ0v) is 15.2. The predicted octanol–water partition coefficient (Wildman–Crippen LogP) is 4.64. The summed E-state index contributed by atoms with van der Waals surface area (Å²) in [7, 11) is 0. The van der Waals surface area contributed by atoms with Gasteiger partial charge in [0.05, 0.1) is 0 Å². The van der Waals surface area contributed by atoms with Gasteiger partial charge >= 0.3 is 0 Å². The molecule has 2 fully saturated rings. The Kier molecular flexibility index (Phi) is 4.43. The molecule has 5 atom stereocenters. The van der Waals surface area contributed by atoms with E-state index in [9.17, 15) is 10.2 Å². The lowest BCUT2D eigenvalue weighted by molar-refractivity contribution is -0.0646. The van der Waals surface area contributed by atoms with Crippen molar-refractivity contribution in [3.05, 3.63) is 29.3 Å². The van der Waals surface area contributed by atoms with Gasteiger partial charge in [-0.25, -0.2) is 0 Å². The Labute approximate surface area is 146 Å². The Morgan fingerprint density at radius 2 is 1.92 bits per heavy atom. The summed E-state index contributed by atoms with van der Waals surface area (Å²) in [5, 5.41) is 20.6. The normalized spacial score (nSPS) is 39.5. The first-order valence-electron chi connectivity index (χ1n) is 9.50. The highest BCUT2D eigenvalue weighted by atomic mass is 16.3. The average Bonchev–Trinajstić information content (AvgIpc) is 2.88. The highest BCUT2D eigenvalue weighted by Crippen LogP contribution is 2.64. The number of fused-ring (bicyclic) bond motifs is 5. The average molecular weight is 326 g/mol. The molecule has 2 heteroatoms. The number of aryl methyl sites for hydroxylation is 1. The summed E-state index contributed by atoms with van der Waals surface area (Å²) in [6.07, 6.45) is 11.8. The summed E-state index contributed by atoms with van der Waals surface area (Å²) in [6, 6.07) is 5.87. The van der Waals surface area contributed by atoms with Crippen molar-refractivity contribution in [3.63, 3.8) is 0 Å². The summed E-state index contributed by atoms with van der Waals surface area (Å²) >= 11 is 0. The fourth-order valence-corrected chi connectivity index (χ4v) is 5.82. The van der Waals surface area contributed by atoms with E-state index in [1.54, 1.807) is 0 Å². The second-order valence-electron chi connectivity index (χ2n) is 7.80. The molecular weight excluding hydrogens is 296 g/mol. The Bertz CT molecular complexity index is 658. The number of phenolic OH excluding ortho intramolecular Hbond substituents is 1. The molecule has 1 aromatic carbocycles. The number of benzene rings is 1. The summed E-state index contributed by atoms with van der Waals surface area (Å²) in [6.45, 7) is 6.22. The van der Waals surface area contributed by atoms with Crippen LogP contribution >= 0.6 is 0 Å². The van der Waals surface area contributed by atoms with Crippen LogP contribution in [0.4, 0.5) is 0 Å². The Morgan fingerprint density at radius 3 is 2.62 bits per heavy atom. The van der Waals surface area contributed by atoms with Crippen molar-refractivity contribution in [1.29, 1.82) is 0 Å². The van der Waals surface area contributed by atoms with Crippen LogP contribution in [-0.2, 0) is 6.42 Å². The molecule has 0 heterocycles. The Morgan fingerprint density at radius 1 is 1.17 bits per heavy atom. The van der Waals surface area contributed by atoms with Gasteiger partial charge in [-0.15, -0.1) is 6.42 Å². The van der Waals surface area contributed by atoms with E-state index in [-0.39, 0.29) is 5.41 Å². The van der Waals surface area contributed by atoms with Gasteiger partial charge in [-0.05, 0) is 79.5 Å². The molecule has 2 saturated carbocycles. The lowest BCUT2D eigenvalue weighted by Gasteiger charge is -2.52. The number of terminal acetylenes is 1. The Balaban J connectivity index is 0.000000815. The second kappa shape index (κ2) is 6.12. The lowest BCUT2D eigenvalue weighted by Crippen LogP contribution is -2.50. The number of hydrogen-bond acceptors (Lipinski definition) is 2. The van der Waals surface area contributed by atoms with Gasteiger partial charge in [0.2, 0.25) is 0 Å². The molecule has 2 nitrogen and oxygen atoms in total. The van der Waals surface area contributed by atoms with Crippen molar-refractivity contribution < 1.29 is 10.2 Å². The second-order valence-corrected chi connectivity index (χ2v) is 7.80. The number of aliphatic hydroxyl groups is 1. The standard InChI is InChI=1S/C20H24O2.C2H6/c1-3-20(22)11-9-18-17-6-4-13-12-14(21)5-7-15(13)16(17)8-10-19(18,20)2;1-2/h1,5,7,12,16-18,21-22H,4,6,8-11H2,2H3;1-2H3. The molecule has 0 amide bonds. The van der Waals surface area contributed by atoms with Crippen LogP contribution in [0.3, 0.4) is 0 Å². The van der Waals surface area contributed by atoms with E-state index in [4.69, 9.17) is 6.42 Å². The number of hydrogen-bond donors (Lipinski definition) is 2. The summed E-state index contributed by atoms with van der Waals surface area (Å²) < 4.78 is 0. The van der Waals surface area contributed by atoms with Gasteiger partial charge in [0.1, 0.15) is 11.4 Å². The third kappa shape index (κ3) is 2.29. The molecule has 2 N–H and O–H groups in total. The predicted molar refractivity (Wildman–Crippen MR) is 97.9 cm³/mol. The van der Waals surface area contributed by atoms with E-state index in [0.717, 1.165) is 38.5 Å². The first-order valence-corrected chi connectivity index (χ1v) is 9.50. The minimum atomic E-state index is -0.919. The van der Waals surface area contributed by atoms with Gasteiger partial charge in [-0.1, -0.05) is 32.8 Å². The van der Waals surface area contributed by atoms with Crippen LogP contribution in [0, 0.1) is 29.6 Å². The van der Waals surface area contributed by atoms with Gasteiger partial charge in [0.15, 0.2) is 0 Å². The summed E-state index contributed by atoms with van der Waals surface area (Å²) in [4.78, 5) is 0. The van der Waals surface area contributed by atoms with Crippen LogP contribution in [0.15, 0.2) is 18.2 Å². The molecule has 1 aromatic rings. The van der Waals surface area contributed by atoms with Crippen LogP contribution in [0.2, 0.25) is 0 Å². The highest BCUT2D eigenvalue weighted by molar-refractivity contribution is 5.40. The first kappa shape index (κ1) is 17.4. The van der Waals surface area contributed by atoms with Crippen molar-refractivity contribution in [2.24, 2.45) is 17.3 Å². The first-order chi connectivity index (χ1) is 11.5. The molecular formula is C22H30O2. The smallest absolute Gasteiger partial charge is 0.130 e. The molecule has 5 unspecified atom stereocenters. The van der Waals surface area contributed by atoms with Crippen LogP contribution in [0.25, 0.3) is 0 Å². The van der Waals surface area contributed by atoms with Crippen LogP contribution in [0.1, 0.15) is 69.9 Å². The number of aromatic hydroxyl groups is 1. The SMILES string of the molecule is C#CC1(O)CCC2C3CCc4cc(O)ccc4C3CCC21C.CC. The van der Waals surface area contributed by atoms with Crippen molar-refractivity contribution in [1.82, 2.24) is 0 Å². The largest absolute Gasteiger partial charge is 0.508 e. The minimum Gasteiger partial charge on any atom is -0.508 e. The maximum absolute atomic E-state index is 10.9. The zero-order valence-electron chi connectivity index (χ0n) is 15.2. The number of phenols is 1. The molecule has 0 bridgehead atoms. The van der Waals surface area contributed by atoms with Crippen molar-refractivity contribution in [2.75, 3.05) is 0 Å². The third-order valence-electron chi connectivity index (χ3n) is 7.10. The molecule has 130 valence electrons. The summed E-state index contributed by atoms with van der Waals surface area (Å²) in [5.41, 5.74) is 1.69. The molecule has 0 aromatic heterocycles. The molecule has 0 aliphatic heterocycles. The third-order valence-corrected chi connectivity index (χ3v) is 7.10. The van der Waals surface area contributed by atoms with E-state index in [1.807, 2.05) is 26.0 Å². The molecule has 3 aliphatic carbocycles. The fourth-order valence-electron chi connectivity index (χ4n) is 5.82. The van der Waals surface area contributed by atoms with Crippen LogP contribution in [0.5, 0.6) is 5.75 Å². The minimum absolute atomic E-state index is 0.128. The topological polar surface area (TPSA) is 40.5 Å². The molecule has 0 radical (unpaired) electrons. The monoisotopic (exact) mass is 326 g/mol. The maximum atomic E-state index is 10.9. The van der Waals surface area contributed by atoms with Gasteiger partial charge < -0.3 is 10.2 Å². The van der Waals surface area contributed by atoms with Gasteiger partial charge in [-0.2, -0.15) is 0 Å². The Hall–Kier alpha value is -1.46. The van der Waals surface area contributed by atoms with E-state index in [2.05, 4.69) is 18.9 Å². The molecule has 0 spiro atoms. The van der Waals surface area contributed by atoms with Crippen molar-refractivity contribution in [2.45, 2.75) is 70.8 Å². The maximum Gasteiger partial charge on any atom is 0.130 e. The van der Waals surface area contributed by atoms with E-state index in [1.165, 1.54) is 11.1 Å². The van der Waals surface area contributed by atoms with Crippen LogP contribution in [-0.4, -0.2) is 15.8 Å². The quantitative estimate of drug-likeness (QED) is 0.682. The van der Waals surface area contributed by atoms with E-state index in [0.29, 0.717) is 23.5 Å². The fraction of sp³-hybridized carbons (Fsp3) is 0.636. The highest BCUT2D eigenvalue weighted by Gasteiger charge is 2.61. The molecule has 3 aliphatic rings. The molecule has 4 rings (SSSR count). The van der Waals surface area contributed by atoms with Crippen molar-refractivity contribution >= 4 is 0 Å². The zero-order chi connectivity index (χ0) is 17.5. The van der Waals surface area contributed by atoms with Gasteiger partial charge in [-0.3, -0.25) is 0 Å². The van der Waals surface area contributed by atoms with Gasteiger partial charge in [0.25, 0.3) is 0 Å². The summed E-state index contributed by atoms with van der Waals surface area (Å²) in [5.74, 6) is 4.82. The number of rotatable bonds is 0. The van der Waals surface area contributed by atoms with E-state index >= 15 is 0 Å². The lowest BCUT2D eigenvalue weighted by atomic mass is 9.53. The van der Waals surface area contributed by atoms with E-state index < -0.39 is 5.60 Å². The van der Waals surface area contributed by atoms with Gasteiger partial charge in [0, 0.05) is 5.41 Å². The molecule has 0 saturated heterocycles. The molecule has 24 heavy (non-hydrogen) atoms. The van der Waals surface area contributed by atoms with Crippen LogP contribution < -0.4 is 0 Å². The van der Waals surface area contributed by atoms with Crippen molar-refractivity contribution in [3.8, 4) is 18.1 Å².